The second-order valence-corrected chi connectivity index (χ2v) is 11.3. The minimum absolute atomic E-state index is 0.0994. The summed E-state index contributed by atoms with van der Waals surface area (Å²) >= 11 is 0. The van der Waals surface area contributed by atoms with E-state index >= 15 is 0 Å². The molecule has 4 heterocycles. The molecule has 5 rings (SSSR count). The maximum atomic E-state index is 13.0. The molecule has 1 atom stereocenters. The summed E-state index contributed by atoms with van der Waals surface area (Å²) in [5.41, 5.74) is 4.80. The topological polar surface area (TPSA) is 110 Å². The normalized spacial score (nSPS) is 17.1. The van der Waals surface area contributed by atoms with Crippen LogP contribution in [0.4, 0.5) is 16.3 Å². The molecule has 0 radical (unpaired) electrons. The first-order chi connectivity index (χ1) is 17.8. The Hall–Kier alpha value is -3.22. The van der Waals surface area contributed by atoms with Crippen molar-refractivity contribution in [3.8, 4) is 11.1 Å². The highest BCUT2D eigenvalue weighted by molar-refractivity contribution is 7.82. The Morgan fingerprint density at radius 3 is 2.65 bits per heavy atom. The number of urea groups is 1. The molecule has 2 amide bonds. The van der Waals surface area contributed by atoms with Gasteiger partial charge in [0.2, 0.25) is 0 Å². The van der Waals surface area contributed by atoms with E-state index in [9.17, 15) is 9.00 Å². The van der Waals surface area contributed by atoms with Crippen LogP contribution >= 0.6 is 0 Å². The van der Waals surface area contributed by atoms with E-state index in [1.54, 1.807) is 36.3 Å². The number of anilines is 2. The van der Waals surface area contributed by atoms with Crippen LogP contribution in [0.3, 0.4) is 0 Å². The van der Waals surface area contributed by atoms with Crippen LogP contribution in [0.2, 0.25) is 0 Å². The Morgan fingerprint density at radius 1 is 1.19 bits per heavy atom. The molecule has 0 spiro atoms. The predicted octanol–water partition coefficient (Wildman–Crippen LogP) is 2.66. The molecule has 1 fully saturated rings. The minimum Gasteiger partial charge on any atom is -0.381 e. The summed E-state index contributed by atoms with van der Waals surface area (Å²) in [5.74, 6) is 0.722. The van der Waals surface area contributed by atoms with Crippen LogP contribution in [0.15, 0.2) is 35.5 Å². The fourth-order valence-electron chi connectivity index (χ4n) is 4.97. The molecule has 37 heavy (non-hydrogen) atoms. The van der Waals surface area contributed by atoms with Crippen LogP contribution < -0.4 is 10.6 Å². The molecule has 3 aromatic rings. The van der Waals surface area contributed by atoms with Crippen LogP contribution in [0.25, 0.3) is 11.1 Å². The van der Waals surface area contributed by atoms with Crippen molar-refractivity contribution in [2.45, 2.75) is 36.7 Å². The Morgan fingerprint density at radius 2 is 1.97 bits per heavy atom. The quantitative estimate of drug-likeness (QED) is 0.511. The number of rotatable bonds is 6. The first-order valence-electron chi connectivity index (χ1n) is 12.5. The van der Waals surface area contributed by atoms with Crippen molar-refractivity contribution >= 4 is 28.5 Å². The fourth-order valence-corrected chi connectivity index (χ4v) is 5.84. The highest BCUT2D eigenvalue weighted by Gasteiger charge is 2.30. The second kappa shape index (κ2) is 10.6. The zero-order valence-corrected chi connectivity index (χ0v) is 22.5. The van der Waals surface area contributed by atoms with E-state index in [1.807, 2.05) is 36.3 Å². The summed E-state index contributed by atoms with van der Waals surface area (Å²) in [4.78, 5) is 14.9. The van der Waals surface area contributed by atoms with E-state index in [0.717, 1.165) is 66.4 Å². The summed E-state index contributed by atoms with van der Waals surface area (Å²) in [6.45, 7) is 2.56. The maximum absolute atomic E-state index is 13.0. The molecule has 2 aliphatic rings. The van der Waals surface area contributed by atoms with E-state index in [0.29, 0.717) is 18.0 Å². The van der Waals surface area contributed by atoms with Crippen molar-refractivity contribution in [1.29, 1.82) is 0 Å². The van der Waals surface area contributed by atoms with E-state index in [-0.39, 0.29) is 12.1 Å². The lowest BCUT2D eigenvalue weighted by Gasteiger charge is -2.29. The molecule has 1 saturated heterocycles. The molecule has 1 aromatic carbocycles. The van der Waals surface area contributed by atoms with Gasteiger partial charge < -0.3 is 20.3 Å². The van der Waals surface area contributed by atoms with Gasteiger partial charge in [0.1, 0.15) is 11.0 Å². The number of benzene rings is 1. The lowest BCUT2D eigenvalue weighted by atomic mass is 10.0. The van der Waals surface area contributed by atoms with Gasteiger partial charge in [0.15, 0.2) is 5.82 Å². The number of fused-ring (bicyclic) bond motifs is 1. The van der Waals surface area contributed by atoms with Gasteiger partial charge in [-0.05, 0) is 50.7 Å². The summed E-state index contributed by atoms with van der Waals surface area (Å²) in [6, 6.07) is 6.02. The monoisotopic (exact) mass is 526 g/mol. The summed E-state index contributed by atoms with van der Waals surface area (Å²) in [6.07, 6.45) is 6.29. The molecule has 1 unspecified atom stereocenters. The molecule has 2 aliphatic heterocycles. The lowest BCUT2D eigenvalue weighted by Crippen LogP contribution is -2.41. The number of nitrogens with zero attached hydrogens (tertiary/aromatic N) is 6. The van der Waals surface area contributed by atoms with Gasteiger partial charge in [-0.25, -0.2) is 13.3 Å². The van der Waals surface area contributed by atoms with Crippen molar-refractivity contribution in [1.82, 2.24) is 34.1 Å². The summed E-state index contributed by atoms with van der Waals surface area (Å²) < 4.78 is 24.2. The van der Waals surface area contributed by atoms with Crippen molar-refractivity contribution in [2.24, 2.45) is 7.05 Å². The van der Waals surface area contributed by atoms with Crippen molar-refractivity contribution in [2.75, 3.05) is 46.2 Å². The molecular formula is C25H34N8O3S. The van der Waals surface area contributed by atoms with Crippen molar-refractivity contribution < 1.29 is 13.7 Å². The van der Waals surface area contributed by atoms with Crippen molar-refractivity contribution in [3.63, 3.8) is 0 Å². The second-order valence-electron chi connectivity index (χ2n) is 9.62. The predicted molar refractivity (Wildman–Crippen MR) is 142 cm³/mol. The summed E-state index contributed by atoms with van der Waals surface area (Å²) in [5, 5.41) is 15.6. The third kappa shape index (κ3) is 5.27. The largest absolute Gasteiger partial charge is 0.381 e. The minimum atomic E-state index is -1.33. The number of nitrogens with one attached hydrogen (secondary N) is 2. The van der Waals surface area contributed by atoms with Crippen LogP contribution in [0, 0.1) is 0 Å². The smallest absolute Gasteiger partial charge is 0.317 e. The third-order valence-electron chi connectivity index (χ3n) is 6.86. The number of carbonyl (C=O) groups excluding carboxylic acids is 1. The Bertz CT molecular complexity index is 1310. The first-order valence-corrected chi connectivity index (χ1v) is 13.6. The highest BCUT2D eigenvalue weighted by Crippen LogP contribution is 2.35. The van der Waals surface area contributed by atoms with Gasteiger partial charge in [-0.1, -0.05) is 0 Å². The molecule has 0 saturated carbocycles. The first kappa shape index (κ1) is 25.4. The van der Waals surface area contributed by atoms with Crippen LogP contribution in [0.1, 0.15) is 30.1 Å². The molecule has 12 heteroatoms. The zero-order chi connectivity index (χ0) is 26.1. The van der Waals surface area contributed by atoms with E-state index in [2.05, 4.69) is 20.4 Å². The van der Waals surface area contributed by atoms with Gasteiger partial charge >= 0.3 is 6.03 Å². The van der Waals surface area contributed by atoms with Gasteiger partial charge in [0.25, 0.3) is 0 Å². The van der Waals surface area contributed by atoms with Gasteiger partial charge in [-0.15, -0.1) is 0 Å². The SMILES string of the molecule is CNC(=O)N1CCc2c(c(Nc3cc(-c4cnn(C)c4)cc(S(=O)N(C)C)c3)nn2C2CCOCC2)C1. The number of aromatic nitrogens is 4. The maximum Gasteiger partial charge on any atom is 0.317 e. The zero-order valence-electron chi connectivity index (χ0n) is 21.7. The summed E-state index contributed by atoms with van der Waals surface area (Å²) in [7, 11) is 5.78. The van der Waals surface area contributed by atoms with E-state index in [1.165, 1.54) is 0 Å². The molecule has 11 nitrogen and oxygen atoms in total. The van der Waals surface area contributed by atoms with E-state index < -0.39 is 11.0 Å². The van der Waals surface area contributed by atoms with Crippen LogP contribution in [-0.2, 0) is 35.7 Å². The average molecular weight is 527 g/mol. The van der Waals surface area contributed by atoms with Gasteiger partial charge in [0.05, 0.1) is 23.7 Å². The molecule has 2 aromatic heterocycles. The molecular weight excluding hydrogens is 492 g/mol. The van der Waals surface area contributed by atoms with Gasteiger partial charge in [-0.2, -0.15) is 10.2 Å². The number of amides is 2. The Kier molecular flexibility index (Phi) is 7.31. The van der Waals surface area contributed by atoms with Crippen molar-refractivity contribution in [3.05, 3.63) is 41.9 Å². The third-order valence-corrected chi connectivity index (χ3v) is 8.17. The number of ether oxygens (including phenoxy) is 1. The molecule has 2 N–H and O–H groups in total. The molecule has 198 valence electrons. The fraction of sp³-hybridized carbons (Fsp3) is 0.480. The lowest BCUT2D eigenvalue weighted by molar-refractivity contribution is 0.0652. The molecule has 0 bridgehead atoms. The number of carbonyl (C=O) groups is 1. The standard InChI is InChI=1S/C25H34N8O3S/c1-26-25(34)32-8-5-23-22(16-32)24(29-33(23)20-6-9-36-10-7-20)28-19-11-17(18-14-27-31(4)15-18)12-21(13-19)37(35)30(2)3/h11-15,20H,5-10,16H2,1-4H3,(H,26,34)(H,28,29). The Balaban J connectivity index is 1.55. The highest BCUT2D eigenvalue weighted by atomic mass is 32.2. The number of hydrogen-bond acceptors (Lipinski definition) is 6. The average Bonchev–Trinajstić information content (AvgIpc) is 3.51. The number of hydrogen-bond donors (Lipinski definition) is 2. The number of aryl methyl sites for hydroxylation is 1. The van der Waals surface area contributed by atoms with Gasteiger partial charge in [-0.3, -0.25) is 9.36 Å². The van der Waals surface area contributed by atoms with Gasteiger partial charge in [0, 0.05) is 69.0 Å². The van der Waals surface area contributed by atoms with E-state index in [4.69, 9.17) is 9.84 Å². The molecule has 0 aliphatic carbocycles. The van der Waals surface area contributed by atoms with Crippen LogP contribution in [-0.4, -0.2) is 79.9 Å². The Labute approximate surface area is 219 Å². The van der Waals surface area contributed by atoms with Crippen LogP contribution in [0.5, 0.6) is 0 Å².